The van der Waals surface area contributed by atoms with Crippen LogP contribution in [0.5, 0.6) is 0 Å². The number of hydrogen-bond donors (Lipinski definition) is 0. The predicted molar refractivity (Wildman–Crippen MR) is 90.1 cm³/mol. The van der Waals surface area contributed by atoms with Gasteiger partial charge in [0, 0.05) is 24.3 Å². The molecule has 1 aromatic rings. The van der Waals surface area contributed by atoms with Gasteiger partial charge in [0.15, 0.2) is 4.32 Å². The molecule has 20 heavy (non-hydrogen) atoms. The number of hydrogen-bond acceptors (Lipinski definition) is 4. The Kier molecular flexibility index (Phi) is 5.07. The molecule has 6 heteroatoms. The Morgan fingerprint density at radius 2 is 1.90 bits per heavy atom. The van der Waals surface area contributed by atoms with Gasteiger partial charge in [0.05, 0.1) is 10.6 Å². The molecule has 0 spiro atoms. The van der Waals surface area contributed by atoms with Crippen LogP contribution in [0.15, 0.2) is 35.4 Å². The molecule has 1 aliphatic rings. The lowest BCUT2D eigenvalue weighted by Crippen LogP contribution is -2.28. The van der Waals surface area contributed by atoms with Gasteiger partial charge in [-0.25, -0.2) is 0 Å². The molecule has 0 bridgehead atoms. The molecule has 1 aliphatic heterocycles. The average Bonchev–Trinajstić information content (AvgIpc) is 2.72. The number of carbonyl (C=O) groups is 1. The van der Waals surface area contributed by atoms with Gasteiger partial charge in [0.25, 0.3) is 5.91 Å². The number of nitrogens with zero attached hydrogens (tertiary/aromatic N) is 2. The lowest BCUT2D eigenvalue weighted by molar-refractivity contribution is -0.113. The largest absolute Gasteiger partial charge is 0.377 e. The van der Waals surface area contributed by atoms with Crippen LogP contribution in [0.4, 0.5) is 5.69 Å². The third-order valence-electron chi connectivity index (χ3n) is 2.99. The molecule has 3 nitrogen and oxygen atoms in total. The topological polar surface area (TPSA) is 23.6 Å². The Morgan fingerprint density at radius 1 is 1.30 bits per heavy atom. The highest BCUT2D eigenvalue weighted by atomic mass is 35.5. The molecule has 0 aromatic heterocycles. The number of thioether (sulfide) groups is 1. The van der Waals surface area contributed by atoms with E-state index >= 15 is 0 Å². The summed E-state index contributed by atoms with van der Waals surface area (Å²) in [6.45, 7) is 5.84. The Labute approximate surface area is 133 Å². The molecule has 2 rings (SSSR count). The summed E-state index contributed by atoms with van der Waals surface area (Å²) in [4.78, 5) is 16.7. The standard InChI is InChI=1S/C14H15ClN2OS2/c1-3-16(4-2)9-12-13(18)17(14(19)20-12)11-7-5-10(15)6-8-11/h5-9H,3-4H2,1-2H3. The number of anilines is 1. The Bertz CT molecular complexity index is 553. The van der Waals surface area contributed by atoms with Crippen LogP contribution in [0.1, 0.15) is 13.8 Å². The first kappa shape index (κ1) is 15.4. The maximum atomic E-state index is 12.5. The van der Waals surface area contributed by atoms with Crippen molar-refractivity contribution in [3.8, 4) is 0 Å². The second-order valence-corrected chi connectivity index (χ2v) is 6.31. The van der Waals surface area contributed by atoms with Crippen LogP contribution in [0.3, 0.4) is 0 Å². The average molecular weight is 327 g/mol. The van der Waals surface area contributed by atoms with E-state index in [0.717, 1.165) is 18.8 Å². The third-order valence-corrected chi connectivity index (χ3v) is 4.53. The van der Waals surface area contributed by atoms with Crippen molar-refractivity contribution in [1.29, 1.82) is 0 Å². The van der Waals surface area contributed by atoms with Gasteiger partial charge >= 0.3 is 0 Å². The summed E-state index contributed by atoms with van der Waals surface area (Å²) in [5, 5.41) is 0.637. The summed E-state index contributed by atoms with van der Waals surface area (Å²) in [7, 11) is 0. The van der Waals surface area contributed by atoms with E-state index in [9.17, 15) is 4.79 Å². The van der Waals surface area contributed by atoms with Crippen molar-refractivity contribution in [2.75, 3.05) is 18.0 Å². The second kappa shape index (κ2) is 6.61. The molecule has 1 aromatic carbocycles. The highest BCUT2D eigenvalue weighted by Gasteiger charge is 2.33. The lowest BCUT2D eigenvalue weighted by atomic mass is 10.3. The quantitative estimate of drug-likeness (QED) is 0.618. The van der Waals surface area contributed by atoms with Gasteiger partial charge in [0.2, 0.25) is 0 Å². The minimum absolute atomic E-state index is 0.0748. The Morgan fingerprint density at radius 3 is 2.45 bits per heavy atom. The molecular weight excluding hydrogens is 312 g/mol. The normalized spacial score (nSPS) is 17.1. The van der Waals surface area contributed by atoms with Crippen molar-refractivity contribution in [3.05, 3.63) is 40.4 Å². The molecule has 0 aliphatic carbocycles. The molecule has 0 atom stereocenters. The van der Waals surface area contributed by atoms with Gasteiger partial charge in [-0.2, -0.15) is 0 Å². The van der Waals surface area contributed by atoms with Crippen molar-refractivity contribution < 1.29 is 4.79 Å². The van der Waals surface area contributed by atoms with Gasteiger partial charge in [-0.3, -0.25) is 9.69 Å². The van der Waals surface area contributed by atoms with Crippen LogP contribution >= 0.6 is 35.6 Å². The zero-order valence-corrected chi connectivity index (χ0v) is 13.7. The van der Waals surface area contributed by atoms with E-state index in [-0.39, 0.29) is 5.91 Å². The Hall–Kier alpha value is -1.04. The molecule has 1 saturated heterocycles. The first-order chi connectivity index (χ1) is 9.56. The van der Waals surface area contributed by atoms with Gasteiger partial charge in [-0.1, -0.05) is 35.6 Å². The zero-order chi connectivity index (χ0) is 14.7. The van der Waals surface area contributed by atoms with E-state index in [1.165, 1.54) is 11.8 Å². The number of rotatable bonds is 4. The third kappa shape index (κ3) is 3.16. The van der Waals surface area contributed by atoms with E-state index in [1.54, 1.807) is 29.2 Å². The first-order valence-corrected chi connectivity index (χ1v) is 7.94. The van der Waals surface area contributed by atoms with Crippen molar-refractivity contribution in [1.82, 2.24) is 4.90 Å². The molecule has 1 heterocycles. The summed E-state index contributed by atoms with van der Waals surface area (Å²) in [6.07, 6.45) is 1.88. The van der Waals surface area contributed by atoms with Crippen LogP contribution in [-0.4, -0.2) is 28.2 Å². The van der Waals surface area contributed by atoms with Crippen molar-refractivity contribution >= 4 is 51.5 Å². The number of carbonyl (C=O) groups excluding carboxylic acids is 1. The molecule has 1 amide bonds. The summed E-state index contributed by atoms with van der Waals surface area (Å²) in [5.74, 6) is -0.0748. The molecule has 0 radical (unpaired) electrons. The van der Waals surface area contributed by atoms with Crippen LogP contribution in [0.2, 0.25) is 5.02 Å². The van der Waals surface area contributed by atoms with Crippen LogP contribution in [-0.2, 0) is 4.79 Å². The summed E-state index contributed by atoms with van der Waals surface area (Å²) in [5.41, 5.74) is 0.750. The van der Waals surface area contributed by atoms with E-state index in [4.69, 9.17) is 23.8 Å². The van der Waals surface area contributed by atoms with Gasteiger partial charge < -0.3 is 4.90 Å². The first-order valence-electron chi connectivity index (χ1n) is 6.34. The van der Waals surface area contributed by atoms with Crippen LogP contribution in [0.25, 0.3) is 0 Å². The fourth-order valence-corrected chi connectivity index (χ4v) is 3.27. The van der Waals surface area contributed by atoms with E-state index in [2.05, 4.69) is 18.7 Å². The smallest absolute Gasteiger partial charge is 0.272 e. The molecule has 1 fully saturated rings. The monoisotopic (exact) mass is 326 g/mol. The van der Waals surface area contributed by atoms with E-state index in [0.29, 0.717) is 14.2 Å². The lowest BCUT2D eigenvalue weighted by Gasteiger charge is -2.16. The van der Waals surface area contributed by atoms with Crippen molar-refractivity contribution in [2.24, 2.45) is 0 Å². The van der Waals surface area contributed by atoms with Crippen LogP contribution < -0.4 is 4.90 Å². The maximum Gasteiger partial charge on any atom is 0.272 e. The maximum absolute atomic E-state index is 12.5. The number of thiocarbonyl (C=S) groups is 1. The molecule has 106 valence electrons. The highest BCUT2D eigenvalue weighted by molar-refractivity contribution is 8.27. The fraction of sp³-hybridized carbons (Fsp3) is 0.286. The van der Waals surface area contributed by atoms with Crippen molar-refractivity contribution in [3.63, 3.8) is 0 Å². The SMILES string of the molecule is CCN(C=C1SC(=S)N(c2ccc(Cl)cc2)C1=O)CC. The van der Waals surface area contributed by atoms with E-state index in [1.807, 2.05) is 6.20 Å². The van der Waals surface area contributed by atoms with Gasteiger partial charge in [-0.05, 0) is 38.1 Å². The minimum atomic E-state index is -0.0748. The second-order valence-electron chi connectivity index (χ2n) is 4.20. The molecular formula is C14H15ClN2OS2. The predicted octanol–water partition coefficient (Wildman–Crippen LogP) is 3.89. The summed E-state index contributed by atoms with van der Waals surface area (Å²) in [6, 6.07) is 7.11. The van der Waals surface area contributed by atoms with E-state index < -0.39 is 0 Å². The Balaban J connectivity index is 2.27. The molecule has 0 saturated carbocycles. The zero-order valence-electron chi connectivity index (χ0n) is 11.3. The molecule has 0 N–H and O–H groups in total. The number of halogens is 1. The fourth-order valence-electron chi connectivity index (χ4n) is 1.84. The van der Waals surface area contributed by atoms with Gasteiger partial charge in [0.1, 0.15) is 0 Å². The summed E-state index contributed by atoms with van der Waals surface area (Å²) < 4.78 is 0.552. The summed E-state index contributed by atoms with van der Waals surface area (Å²) >= 11 is 12.5. The number of amides is 1. The van der Waals surface area contributed by atoms with Crippen LogP contribution in [0, 0.1) is 0 Å². The van der Waals surface area contributed by atoms with Gasteiger partial charge in [-0.15, -0.1) is 0 Å². The number of benzene rings is 1. The molecule has 0 unspecified atom stereocenters. The minimum Gasteiger partial charge on any atom is -0.377 e. The highest BCUT2D eigenvalue weighted by Crippen LogP contribution is 2.35. The van der Waals surface area contributed by atoms with Crippen molar-refractivity contribution in [2.45, 2.75) is 13.8 Å².